The van der Waals surface area contributed by atoms with Crippen molar-refractivity contribution >= 4 is 34.8 Å². The molecule has 0 saturated carbocycles. The number of aromatic hydroxyl groups is 2. The molecule has 6 N–H and O–H groups in total. The second kappa shape index (κ2) is 12.0. The molecule has 3 aromatic carbocycles. The van der Waals surface area contributed by atoms with E-state index >= 15 is 0 Å². The second-order valence-electron chi connectivity index (χ2n) is 9.74. The molecule has 0 spiro atoms. The first kappa shape index (κ1) is 28.2. The third-order valence-corrected chi connectivity index (χ3v) is 7.31. The SMILES string of the molecule is COc1ccc2c(c1)C(c1ccc(Cl)cc1)=N[C@@H](CC(=O)NCCNC(=O)c1cccc(O)c1O)C1NNC(C)N21. The van der Waals surface area contributed by atoms with Crippen molar-refractivity contribution in [2.45, 2.75) is 31.7 Å². The molecule has 0 aliphatic carbocycles. The molecule has 1 fully saturated rings. The van der Waals surface area contributed by atoms with Gasteiger partial charge in [-0.3, -0.25) is 14.6 Å². The summed E-state index contributed by atoms with van der Waals surface area (Å²) in [6.07, 6.45) is -0.325. The Hall–Kier alpha value is -4.32. The highest BCUT2D eigenvalue weighted by atomic mass is 35.5. The minimum atomic E-state index is -0.562. The van der Waals surface area contributed by atoms with Crippen molar-refractivity contribution in [1.82, 2.24) is 21.5 Å². The number of anilines is 1. The Balaban J connectivity index is 1.34. The average molecular weight is 579 g/mol. The number of carbonyl (C=O) groups excluding carboxylic acids is 2. The molecular weight excluding hydrogens is 548 g/mol. The molecule has 2 unspecified atom stereocenters. The van der Waals surface area contributed by atoms with Crippen LogP contribution in [0.15, 0.2) is 65.7 Å². The maximum atomic E-state index is 13.1. The third kappa shape index (κ3) is 5.92. The van der Waals surface area contributed by atoms with Crippen LogP contribution in [0, 0.1) is 0 Å². The number of phenols is 2. The molecule has 2 amide bonds. The molecule has 41 heavy (non-hydrogen) atoms. The van der Waals surface area contributed by atoms with Gasteiger partial charge in [-0.25, -0.2) is 10.9 Å². The Kier molecular flexibility index (Phi) is 8.29. The second-order valence-corrected chi connectivity index (χ2v) is 10.2. The Morgan fingerprint density at radius 1 is 1.05 bits per heavy atom. The molecule has 214 valence electrons. The summed E-state index contributed by atoms with van der Waals surface area (Å²) in [5, 5.41) is 25.6. The van der Waals surface area contributed by atoms with Crippen molar-refractivity contribution in [3.05, 3.63) is 82.4 Å². The van der Waals surface area contributed by atoms with E-state index in [1.165, 1.54) is 18.2 Å². The number of ether oxygens (including phenoxy) is 1. The number of halogens is 1. The molecule has 5 rings (SSSR count). The lowest BCUT2D eigenvalue weighted by molar-refractivity contribution is -0.121. The number of hydrogen-bond acceptors (Lipinski definition) is 9. The number of para-hydroxylation sites is 1. The van der Waals surface area contributed by atoms with E-state index in [0.29, 0.717) is 10.8 Å². The summed E-state index contributed by atoms with van der Waals surface area (Å²) < 4.78 is 5.52. The normalized spacial score (nSPS) is 19.4. The van der Waals surface area contributed by atoms with Crippen LogP contribution in [0.25, 0.3) is 0 Å². The average Bonchev–Trinajstić information content (AvgIpc) is 3.29. The first-order valence-corrected chi connectivity index (χ1v) is 13.5. The number of amides is 2. The largest absolute Gasteiger partial charge is 0.504 e. The van der Waals surface area contributed by atoms with Gasteiger partial charge in [-0.2, -0.15) is 0 Å². The number of fused-ring (bicyclic) bond motifs is 3. The minimum Gasteiger partial charge on any atom is -0.504 e. The van der Waals surface area contributed by atoms with Crippen LogP contribution in [0.2, 0.25) is 5.02 Å². The molecule has 2 heterocycles. The van der Waals surface area contributed by atoms with Gasteiger partial charge in [0, 0.05) is 34.9 Å². The van der Waals surface area contributed by atoms with Crippen LogP contribution in [0.3, 0.4) is 0 Å². The molecule has 2 aliphatic rings. The number of aliphatic imine (C=N–C) groups is 1. The number of carbonyl (C=O) groups is 2. The summed E-state index contributed by atoms with van der Waals surface area (Å²) in [5.74, 6) is -0.994. The smallest absolute Gasteiger partial charge is 0.255 e. The molecule has 0 radical (unpaired) electrons. The van der Waals surface area contributed by atoms with Crippen LogP contribution < -0.4 is 31.1 Å². The highest BCUT2D eigenvalue weighted by molar-refractivity contribution is 6.30. The van der Waals surface area contributed by atoms with Gasteiger partial charge in [0.15, 0.2) is 11.5 Å². The van der Waals surface area contributed by atoms with Gasteiger partial charge in [-0.1, -0.05) is 29.8 Å². The topological polar surface area (TPSA) is 148 Å². The van der Waals surface area contributed by atoms with Crippen molar-refractivity contribution < 1.29 is 24.5 Å². The zero-order valence-corrected chi connectivity index (χ0v) is 23.3. The van der Waals surface area contributed by atoms with Gasteiger partial charge in [0.25, 0.3) is 5.91 Å². The van der Waals surface area contributed by atoms with Crippen molar-refractivity contribution in [2.75, 3.05) is 25.1 Å². The molecule has 3 aromatic rings. The van der Waals surface area contributed by atoms with Crippen LogP contribution in [0.1, 0.15) is 34.8 Å². The highest BCUT2D eigenvalue weighted by Gasteiger charge is 2.40. The Bertz CT molecular complexity index is 1480. The van der Waals surface area contributed by atoms with Gasteiger partial charge in [0.2, 0.25) is 5.91 Å². The maximum Gasteiger partial charge on any atom is 0.255 e. The third-order valence-electron chi connectivity index (χ3n) is 7.06. The molecule has 12 heteroatoms. The number of methoxy groups -OCH3 is 1. The summed E-state index contributed by atoms with van der Waals surface area (Å²) in [4.78, 5) is 32.7. The van der Waals surface area contributed by atoms with Crippen molar-refractivity contribution in [3.8, 4) is 17.2 Å². The van der Waals surface area contributed by atoms with E-state index in [2.05, 4.69) is 26.4 Å². The van der Waals surface area contributed by atoms with Crippen LogP contribution in [-0.2, 0) is 4.79 Å². The maximum absolute atomic E-state index is 13.1. The fourth-order valence-corrected chi connectivity index (χ4v) is 5.16. The number of hydrogen-bond donors (Lipinski definition) is 6. The van der Waals surface area contributed by atoms with Crippen molar-refractivity contribution in [1.29, 1.82) is 0 Å². The Morgan fingerprint density at radius 2 is 1.80 bits per heavy atom. The van der Waals surface area contributed by atoms with Gasteiger partial charge in [0.1, 0.15) is 11.9 Å². The standard InChI is InChI=1S/C29H31ClN6O5/c1-16-34-35-28-22(15-25(38)31-12-13-32-29(40)20-4-3-5-24(37)27(20)39)33-26(17-6-8-18(30)9-7-17)21-14-19(41-2)10-11-23(21)36(16)28/h3-11,14,16,22,28,34-35,37,39H,12-13,15H2,1-2H3,(H,31,38)(H,32,40)/t16?,22-,28?/m0/s1. The predicted octanol–water partition coefficient (Wildman–Crippen LogP) is 2.50. The Labute approximate surface area is 242 Å². The highest BCUT2D eigenvalue weighted by Crippen LogP contribution is 2.36. The lowest BCUT2D eigenvalue weighted by Crippen LogP contribution is -2.48. The summed E-state index contributed by atoms with van der Waals surface area (Å²) >= 11 is 6.17. The number of phenolic OH excluding ortho intramolecular Hbond substituents is 2. The van der Waals surface area contributed by atoms with E-state index in [1.54, 1.807) is 19.2 Å². The van der Waals surface area contributed by atoms with Crippen LogP contribution >= 0.6 is 11.6 Å². The fourth-order valence-electron chi connectivity index (χ4n) is 5.03. The summed E-state index contributed by atoms with van der Waals surface area (Å²) in [5.41, 5.74) is 9.89. The lowest BCUT2D eigenvalue weighted by atomic mass is 9.99. The number of rotatable bonds is 8. The number of hydrazine groups is 1. The number of benzene rings is 3. The molecule has 1 saturated heterocycles. The van der Waals surface area contributed by atoms with E-state index in [0.717, 1.165) is 22.5 Å². The van der Waals surface area contributed by atoms with Crippen molar-refractivity contribution in [2.24, 2.45) is 4.99 Å². The van der Waals surface area contributed by atoms with Gasteiger partial charge in [-0.05, 0) is 49.4 Å². The zero-order valence-electron chi connectivity index (χ0n) is 22.5. The van der Waals surface area contributed by atoms with Crippen LogP contribution in [0.5, 0.6) is 17.2 Å². The van der Waals surface area contributed by atoms with Crippen LogP contribution in [-0.4, -0.2) is 66.3 Å². The summed E-state index contributed by atoms with van der Waals surface area (Å²) in [6, 6.07) is 16.9. The summed E-state index contributed by atoms with van der Waals surface area (Å²) in [7, 11) is 1.62. The minimum absolute atomic E-state index is 0.0518. The van der Waals surface area contributed by atoms with Crippen LogP contribution in [0.4, 0.5) is 5.69 Å². The van der Waals surface area contributed by atoms with Gasteiger partial charge < -0.3 is 30.5 Å². The van der Waals surface area contributed by atoms with Crippen molar-refractivity contribution in [3.63, 3.8) is 0 Å². The molecule has 0 aromatic heterocycles. The Morgan fingerprint density at radius 3 is 2.56 bits per heavy atom. The molecule has 0 bridgehead atoms. The molecule has 3 atom stereocenters. The van der Waals surface area contributed by atoms with Gasteiger partial charge in [-0.15, -0.1) is 0 Å². The monoisotopic (exact) mass is 578 g/mol. The summed E-state index contributed by atoms with van der Waals surface area (Å²) in [6.45, 7) is 2.32. The predicted molar refractivity (Wildman–Crippen MR) is 156 cm³/mol. The van der Waals surface area contributed by atoms with E-state index in [1.807, 2.05) is 37.3 Å². The van der Waals surface area contributed by atoms with Gasteiger partial charge >= 0.3 is 0 Å². The van der Waals surface area contributed by atoms with E-state index in [9.17, 15) is 19.8 Å². The first-order chi connectivity index (χ1) is 19.8. The number of nitrogens with one attached hydrogen (secondary N) is 4. The fraction of sp³-hybridized carbons (Fsp3) is 0.276. The molecular formula is C29H31ClN6O5. The van der Waals surface area contributed by atoms with E-state index in [4.69, 9.17) is 21.3 Å². The lowest BCUT2D eigenvalue weighted by Gasteiger charge is -2.31. The molecule has 2 aliphatic heterocycles. The first-order valence-electron chi connectivity index (χ1n) is 13.1. The molecule has 11 nitrogen and oxygen atoms in total. The zero-order chi connectivity index (χ0) is 29.1. The number of nitrogens with zero attached hydrogens (tertiary/aromatic N) is 2. The quantitative estimate of drug-likeness (QED) is 0.176. The van der Waals surface area contributed by atoms with E-state index < -0.39 is 17.7 Å². The van der Waals surface area contributed by atoms with Gasteiger partial charge in [0.05, 0.1) is 37.0 Å². The van der Waals surface area contributed by atoms with E-state index in [-0.39, 0.29) is 49.1 Å².